The minimum absolute atomic E-state index is 0.477. The second kappa shape index (κ2) is 5.23. The van der Waals surface area contributed by atoms with Gasteiger partial charge in [0.2, 0.25) is 5.88 Å². The van der Waals surface area contributed by atoms with Crippen LogP contribution < -0.4 is 4.74 Å². The van der Waals surface area contributed by atoms with E-state index in [0.717, 1.165) is 15.5 Å². The van der Waals surface area contributed by atoms with Gasteiger partial charge in [-0.15, -0.1) is 0 Å². The van der Waals surface area contributed by atoms with Crippen LogP contribution in [-0.2, 0) is 4.74 Å². The Morgan fingerprint density at radius 1 is 1.25 bits per heavy atom. The maximum atomic E-state index is 5.38. The molecule has 0 N–H and O–H groups in total. The van der Waals surface area contributed by atoms with Crippen LogP contribution in [0, 0.1) is 0 Å². The molecule has 0 bridgehead atoms. The van der Waals surface area contributed by atoms with E-state index >= 15 is 0 Å². The Labute approximate surface area is 102 Å². The van der Waals surface area contributed by atoms with E-state index in [4.69, 9.17) is 9.47 Å². The van der Waals surface area contributed by atoms with Gasteiger partial charge in [0.25, 0.3) is 0 Å². The van der Waals surface area contributed by atoms with Crippen molar-refractivity contribution in [2.24, 2.45) is 0 Å². The molecule has 0 aliphatic heterocycles. The molecule has 5 heteroatoms. The van der Waals surface area contributed by atoms with Crippen LogP contribution in [0.2, 0.25) is 0 Å². The number of methoxy groups -OCH3 is 1. The lowest BCUT2D eigenvalue weighted by Crippen LogP contribution is -2.05. The highest BCUT2D eigenvalue weighted by Gasteiger charge is 2.01. The first-order valence-electron chi connectivity index (χ1n) is 4.83. The van der Waals surface area contributed by atoms with E-state index in [1.54, 1.807) is 13.3 Å². The van der Waals surface area contributed by atoms with Crippen molar-refractivity contribution in [1.82, 2.24) is 9.97 Å². The Balaban J connectivity index is 2.21. The first-order valence-corrected chi connectivity index (χ1v) is 5.63. The lowest BCUT2D eigenvalue weighted by atomic mass is 10.3. The molecule has 2 rings (SSSR count). The molecule has 0 saturated heterocycles. The van der Waals surface area contributed by atoms with Crippen LogP contribution in [0.4, 0.5) is 0 Å². The van der Waals surface area contributed by atoms with E-state index in [9.17, 15) is 0 Å². The Morgan fingerprint density at radius 3 is 2.94 bits per heavy atom. The smallest absolute Gasteiger partial charge is 0.232 e. The first-order chi connectivity index (χ1) is 7.79. The number of hydrogen-bond acceptors (Lipinski definition) is 4. The predicted molar refractivity (Wildman–Crippen MR) is 64.6 cm³/mol. The second-order valence-corrected chi connectivity index (χ2v) is 4.10. The summed E-state index contributed by atoms with van der Waals surface area (Å²) < 4.78 is 11.2. The van der Waals surface area contributed by atoms with Crippen LogP contribution in [0.1, 0.15) is 0 Å². The maximum Gasteiger partial charge on any atom is 0.232 e. The molecular formula is C11H11BrN2O2. The standard InChI is InChI=1S/C11H11BrN2O2/c1-15-4-5-16-11-7-13-9-3-2-8(12)6-10(9)14-11/h2-3,6-7H,4-5H2,1H3. The van der Waals surface area contributed by atoms with Crippen molar-refractivity contribution in [3.63, 3.8) is 0 Å². The number of nitrogens with zero attached hydrogens (tertiary/aromatic N) is 2. The molecular weight excluding hydrogens is 272 g/mol. The quantitative estimate of drug-likeness (QED) is 0.808. The van der Waals surface area contributed by atoms with Gasteiger partial charge in [0.15, 0.2) is 0 Å². The van der Waals surface area contributed by atoms with Gasteiger partial charge in [0, 0.05) is 11.6 Å². The molecule has 1 aromatic heterocycles. The molecule has 0 aliphatic rings. The lowest BCUT2D eigenvalue weighted by Gasteiger charge is -2.04. The zero-order valence-electron chi connectivity index (χ0n) is 8.81. The zero-order chi connectivity index (χ0) is 11.4. The topological polar surface area (TPSA) is 44.2 Å². The molecule has 0 unspecified atom stereocenters. The maximum absolute atomic E-state index is 5.38. The molecule has 2 aromatic rings. The molecule has 1 heterocycles. The van der Waals surface area contributed by atoms with E-state index in [1.165, 1.54) is 0 Å². The highest BCUT2D eigenvalue weighted by atomic mass is 79.9. The molecule has 0 fully saturated rings. The van der Waals surface area contributed by atoms with Crippen LogP contribution in [-0.4, -0.2) is 30.3 Å². The van der Waals surface area contributed by atoms with E-state index in [-0.39, 0.29) is 0 Å². The van der Waals surface area contributed by atoms with Gasteiger partial charge in [0.1, 0.15) is 6.61 Å². The monoisotopic (exact) mass is 282 g/mol. The van der Waals surface area contributed by atoms with Crippen molar-refractivity contribution in [1.29, 1.82) is 0 Å². The Kier molecular flexibility index (Phi) is 3.69. The Bertz CT molecular complexity index is 490. The second-order valence-electron chi connectivity index (χ2n) is 3.18. The summed E-state index contributed by atoms with van der Waals surface area (Å²) in [6.07, 6.45) is 1.62. The summed E-state index contributed by atoms with van der Waals surface area (Å²) in [5, 5.41) is 0. The fourth-order valence-corrected chi connectivity index (χ4v) is 1.62. The van der Waals surface area contributed by atoms with Crippen LogP contribution >= 0.6 is 15.9 Å². The summed E-state index contributed by atoms with van der Waals surface area (Å²) in [6, 6.07) is 5.75. The van der Waals surface area contributed by atoms with Gasteiger partial charge in [-0.25, -0.2) is 9.97 Å². The van der Waals surface area contributed by atoms with Crippen molar-refractivity contribution in [2.75, 3.05) is 20.3 Å². The molecule has 0 radical (unpaired) electrons. The summed E-state index contributed by atoms with van der Waals surface area (Å²) in [6.45, 7) is 1.02. The predicted octanol–water partition coefficient (Wildman–Crippen LogP) is 2.42. The van der Waals surface area contributed by atoms with Crippen molar-refractivity contribution in [2.45, 2.75) is 0 Å². The first kappa shape index (κ1) is 11.3. The third-order valence-corrected chi connectivity index (χ3v) is 2.51. The number of rotatable bonds is 4. The molecule has 0 aliphatic carbocycles. The highest BCUT2D eigenvalue weighted by molar-refractivity contribution is 9.10. The van der Waals surface area contributed by atoms with Gasteiger partial charge in [-0.05, 0) is 18.2 Å². The third kappa shape index (κ3) is 2.68. The minimum Gasteiger partial charge on any atom is -0.474 e. The van der Waals surface area contributed by atoms with Gasteiger partial charge >= 0.3 is 0 Å². The molecule has 0 amide bonds. The fourth-order valence-electron chi connectivity index (χ4n) is 1.27. The number of halogens is 1. The largest absolute Gasteiger partial charge is 0.474 e. The third-order valence-electron chi connectivity index (χ3n) is 2.02. The van der Waals surface area contributed by atoms with Crippen LogP contribution in [0.5, 0.6) is 5.88 Å². The summed E-state index contributed by atoms with van der Waals surface area (Å²) >= 11 is 3.39. The number of hydrogen-bond donors (Lipinski definition) is 0. The van der Waals surface area contributed by atoms with Gasteiger partial charge in [-0.1, -0.05) is 15.9 Å². The van der Waals surface area contributed by atoms with Crippen molar-refractivity contribution < 1.29 is 9.47 Å². The molecule has 1 aromatic carbocycles. The molecule has 0 atom stereocenters. The normalized spacial score (nSPS) is 10.6. The average molecular weight is 283 g/mol. The molecule has 4 nitrogen and oxygen atoms in total. The van der Waals surface area contributed by atoms with Crippen LogP contribution in [0.3, 0.4) is 0 Å². The van der Waals surface area contributed by atoms with Gasteiger partial charge in [0.05, 0.1) is 23.8 Å². The lowest BCUT2D eigenvalue weighted by molar-refractivity contribution is 0.143. The molecule has 0 saturated carbocycles. The number of benzene rings is 1. The SMILES string of the molecule is COCCOc1cnc2ccc(Br)cc2n1. The Hall–Kier alpha value is -1.20. The number of fused-ring (bicyclic) bond motifs is 1. The summed E-state index contributed by atoms with van der Waals surface area (Å²) in [5.41, 5.74) is 1.66. The van der Waals surface area contributed by atoms with Gasteiger partial charge < -0.3 is 9.47 Å². The fraction of sp³-hybridized carbons (Fsp3) is 0.273. The van der Waals surface area contributed by atoms with E-state index in [1.807, 2.05) is 18.2 Å². The van der Waals surface area contributed by atoms with E-state index in [2.05, 4.69) is 25.9 Å². The highest BCUT2D eigenvalue weighted by Crippen LogP contribution is 2.18. The summed E-state index contributed by atoms with van der Waals surface area (Å²) in [4.78, 5) is 8.59. The van der Waals surface area contributed by atoms with E-state index < -0.39 is 0 Å². The van der Waals surface area contributed by atoms with Crippen molar-refractivity contribution >= 4 is 27.0 Å². The van der Waals surface area contributed by atoms with E-state index in [0.29, 0.717) is 19.1 Å². The van der Waals surface area contributed by atoms with Crippen LogP contribution in [0.25, 0.3) is 11.0 Å². The van der Waals surface area contributed by atoms with Crippen molar-refractivity contribution in [3.05, 3.63) is 28.9 Å². The number of ether oxygens (including phenoxy) is 2. The van der Waals surface area contributed by atoms with Crippen LogP contribution in [0.15, 0.2) is 28.9 Å². The Morgan fingerprint density at radius 2 is 2.12 bits per heavy atom. The molecule has 16 heavy (non-hydrogen) atoms. The summed E-state index contributed by atoms with van der Waals surface area (Å²) in [7, 11) is 1.63. The average Bonchev–Trinajstić information content (AvgIpc) is 2.29. The van der Waals surface area contributed by atoms with Crippen molar-refractivity contribution in [3.8, 4) is 5.88 Å². The zero-order valence-corrected chi connectivity index (χ0v) is 10.4. The molecule has 84 valence electrons. The summed E-state index contributed by atoms with van der Waals surface area (Å²) in [5.74, 6) is 0.516. The van der Waals surface area contributed by atoms with Gasteiger partial charge in [-0.2, -0.15) is 0 Å². The van der Waals surface area contributed by atoms with Gasteiger partial charge in [-0.3, -0.25) is 0 Å². The molecule has 0 spiro atoms. The number of aromatic nitrogens is 2. The minimum atomic E-state index is 0.477.